The molecule has 0 bridgehead atoms. The number of quaternary nitrogens is 1. The molecule has 1 N–H and O–H groups in total. The fourth-order valence-electron chi connectivity index (χ4n) is 3.73. The van der Waals surface area contributed by atoms with Crippen molar-refractivity contribution < 1.29 is 19.3 Å². The molecule has 7 nitrogen and oxygen atoms in total. The highest BCUT2D eigenvalue weighted by Gasteiger charge is 2.49. The number of imide groups is 2. The van der Waals surface area contributed by atoms with Gasteiger partial charge in [-0.15, -0.1) is 11.3 Å². The number of rotatable bonds is 5. The van der Waals surface area contributed by atoms with Crippen molar-refractivity contribution in [2.24, 2.45) is 0 Å². The third kappa shape index (κ3) is 2.99. The largest absolute Gasteiger partial charge is 0.338 e. The zero-order chi connectivity index (χ0) is 18.3. The number of hydrogen-bond acceptors (Lipinski definition) is 5. The van der Waals surface area contributed by atoms with E-state index >= 15 is 0 Å². The van der Waals surface area contributed by atoms with Gasteiger partial charge in [-0.1, -0.05) is 25.0 Å². The van der Waals surface area contributed by atoms with Crippen LogP contribution in [0.2, 0.25) is 0 Å². The van der Waals surface area contributed by atoms with Gasteiger partial charge in [-0.2, -0.15) is 0 Å². The Morgan fingerprint density at radius 2 is 1.88 bits per heavy atom. The fourth-order valence-corrected chi connectivity index (χ4v) is 4.81. The summed E-state index contributed by atoms with van der Waals surface area (Å²) < 4.78 is 1.12. The van der Waals surface area contributed by atoms with Gasteiger partial charge in [0.15, 0.2) is 6.67 Å². The van der Waals surface area contributed by atoms with Crippen LogP contribution in [0.25, 0.3) is 10.2 Å². The number of carbonyl (C=O) groups is 3. The highest BCUT2D eigenvalue weighted by Crippen LogP contribution is 2.27. The van der Waals surface area contributed by atoms with E-state index in [-0.39, 0.29) is 12.7 Å². The third-order valence-corrected chi connectivity index (χ3v) is 6.03. The van der Waals surface area contributed by atoms with Crippen molar-refractivity contribution in [1.82, 2.24) is 14.8 Å². The lowest BCUT2D eigenvalue weighted by molar-refractivity contribution is -0.901. The van der Waals surface area contributed by atoms with E-state index in [1.54, 1.807) is 11.3 Å². The van der Waals surface area contributed by atoms with Crippen molar-refractivity contribution >= 4 is 39.4 Å². The van der Waals surface area contributed by atoms with Crippen LogP contribution in [0.15, 0.2) is 24.3 Å². The number of fused-ring (bicyclic) bond motifs is 1. The number of carbonyl (C=O) groups excluding carboxylic acids is 3. The maximum atomic E-state index is 12.6. The van der Waals surface area contributed by atoms with E-state index in [9.17, 15) is 14.4 Å². The SMILES string of the molecule is C[NH+](Cc1nc2ccccc2s1)CN1C(=O)C(=O)N(C2CCCC2)C1=O. The van der Waals surface area contributed by atoms with Gasteiger partial charge < -0.3 is 4.90 Å². The van der Waals surface area contributed by atoms with E-state index in [1.807, 2.05) is 31.3 Å². The summed E-state index contributed by atoms with van der Waals surface area (Å²) in [5.41, 5.74) is 0.955. The van der Waals surface area contributed by atoms with E-state index in [0.29, 0.717) is 6.54 Å². The molecule has 1 aromatic heterocycles. The van der Waals surface area contributed by atoms with Crippen molar-refractivity contribution in [1.29, 1.82) is 0 Å². The molecule has 1 aliphatic heterocycles. The molecule has 4 amide bonds. The van der Waals surface area contributed by atoms with Crippen molar-refractivity contribution in [2.75, 3.05) is 13.7 Å². The van der Waals surface area contributed by atoms with Crippen LogP contribution in [0.1, 0.15) is 30.7 Å². The van der Waals surface area contributed by atoms with E-state index in [0.717, 1.165) is 50.7 Å². The zero-order valence-corrected chi connectivity index (χ0v) is 15.4. The fraction of sp³-hybridized carbons (Fsp3) is 0.444. The summed E-state index contributed by atoms with van der Waals surface area (Å²) in [6, 6.07) is 7.34. The summed E-state index contributed by atoms with van der Waals surface area (Å²) in [5.74, 6) is -1.37. The molecule has 1 saturated carbocycles. The molecule has 1 atom stereocenters. The molecule has 8 heteroatoms. The second kappa shape index (κ2) is 6.77. The summed E-state index contributed by atoms with van der Waals surface area (Å²) in [5, 5.41) is 0.946. The van der Waals surface area contributed by atoms with Crippen molar-refractivity contribution in [3.63, 3.8) is 0 Å². The maximum absolute atomic E-state index is 12.6. The first-order valence-electron chi connectivity index (χ1n) is 8.89. The summed E-state index contributed by atoms with van der Waals surface area (Å²) >= 11 is 1.61. The number of thiazole rings is 1. The summed E-state index contributed by atoms with van der Waals surface area (Å²) in [4.78, 5) is 45.0. The van der Waals surface area contributed by atoms with Crippen LogP contribution in [0, 0.1) is 0 Å². The molecule has 1 aromatic carbocycles. The molecule has 2 aliphatic rings. The van der Waals surface area contributed by atoms with Gasteiger partial charge >= 0.3 is 17.8 Å². The monoisotopic (exact) mass is 373 g/mol. The minimum absolute atomic E-state index is 0.117. The van der Waals surface area contributed by atoms with Crippen LogP contribution >= 0.6 is 11.3 Å². The molecule has 136 valence electrons. The van der Waals surface area contributed by atoms with E-state index in [1.165, 1.54) is 4.90 Å². The second-order valence-corrected chi connectivity index (χ2v) is 8.11. The van der Waals surface area contributed by atoms with Gasteiger partial charge in [0.25, 0.3) is 0 Å². The van der Waals surface area contributed by atoms with Crippen molar-refractivity contribution in [3.8, 4) is 0 Å². The van der Waals surface area contributed by atoms with Gasteiger partial charge in [0.05, 0.1) is 17.3 Å². The van der Waals surface area contributed by atoms with Gasteiger partial charge in [0.1, 0.15) is 11.6 Å². The van der Waals surface area contributed by atoms with Gasteiger partial charge in [-0.25, -0.2) is 14.7 Å². The minimum atomic E-state index is -0.703. The number of aromatic nitrogens is 1. The molecule has 2 aromatic rings. The number of hydrogen-bond donors (Lipinski definition) is 1. The highest BCUT2D eigenvalue weighted by atomic mass is 32.1. The van der Waals surface area contributed by atoms with Crippen LogP contribution in [-0.2, 0) is 16.1 Å². The van der Waals surface area contributed by atoms with Gasteiger partial charge in [-0.3, -0.25) is 14.5 Å². The second-order valence-electron chi connectivity index (χ2n) is 7.00. The first-order chi connectivity index (χ1) is 12.5. The number of para-hydroxylation sites is 1. The lowest BCUT2D eigenvalue weighted by Crippen LogP contribution is -3.09. The Kier molecular flexibility index (Phi) is 4.46. The molecule has 1 unspecified atom stereocenters. The molecular formula is C18H21N4O3S+. The Hall–Kier alpha value is -2.32. The van der Waals surface area contributed by atoms with E-state index in [4.69, 9.17) is 0 Å². The molecule has 2 fully saturated rings. The average Bonchev–Trinajstić information content (AvgIpc) is 3.31. The molecular weight excluding hydrogens is 352 g/mol. The van der Waals surface area contributed by atoms with Crippen molar-refractivity contribution in [3.05, 3.63) is 29.3 Å². The maximum Gasteiger partial charge on any atom is 0.338 e. The van der Waals surface area contributed by atoms with Gasteiger partial charge in [-0.05, 0) is 25.0 Å². The van der Waals surface area contributed by atoms with Crippen LogP contribution in [0.5, 0.6) is 0 Å². The summed E-state index contributed by atoms with van der Waals surface area (Å²) in [7, 11) is 1.90. The first kappa shape index (κ1) is 17.1. The van der Waals surface area contributed by atoms with Crippen LogP contribution < -0.4 is 4.90 Å². The van der Waals surface area contributed by atoms with Crippen LogP contribution in [0.4, 0.5) is 4.79 Å². The average molecular weight is 373 g/mol. The van der Waals surface area contributed by atoms with Gasteiger partial charge in [0, 0.05) is 6.04 Å². The Bertz CT molecular complexity index is 841. The predicted octanol–water partition coefficient (Wildman–Crippen LogP) is 1.00. The Morgan fingerprint density at radius 1 is 1.15 bits per heavy atom. The molecule has 0 radical (unpaired) electrons. The Labute approximate surface area is 155 Å². The molecule has 4 rings (SSSR count). The predicted molar refractivity (Wildman–Crippen MR) is 96.4 cm³/mol. The third-order valence-electron chi connectivity index (χ3n) is 4.99. The van der Waals surface area contributed by atoms with Crippen LogP contribution in [0.3, 0.4) is 0 Å². The zero-order valence-electron chi connectivity index (χ0n) is 14.6. The number of benzene rings is 1. The summed E-state index contributed by atoms with van der Waals surface area (Å²) in [6.07, 6.45) is 3.59. The normalized spacial score (nSPS) is 20.0. The quantitative estimate of drug-likeness (QED) is 0.627. The van der Waals surface area contributed by atoms with Crippen LogP contribution in [-0.4, -0.2) is 52.4 Å². The smallest absolute Gasteiger partial charge is 0.314 e. The number of nitrogens with one attached hydrogen (secondary N) is 1. The number of nitrogens with zero attached hydrogens (tertiary/aromatic N) is 3. The molecule has 0 spiro atoms. The molecule has 1 saturated heterocycles. The highest BCUT2D eigenvalue weighted by molar-refractivity contribution is 7.18. The minimum Gasteiger partial charge on any atom is -0.314 e. The van der Waals surface area contributed by atoms with Crippen molar-refractivity contribution in [2.45, 2.75) is 38.3 Å². The van der Waals surface area contributed by atoms with E-state index < -0.39 is 17.8 Å². The molecule has 1 aliphatic carbocycles. The molecule has 2 heterocycles. The van der Waals surface area contributed by atoms with E-state index in [2.05, 4.69) is 4.98 Å². The lowest BCUT2D eigenvalue weighted by atomic mass is 10.2. The summed E-state index contributed by atoms with van der Waals surface area (Å²) in [6.45, 7) is 0.760. The topological polar surface area (TPSA) is 75.0 Å². The lowest BCUT2D eigenvalue weighted by Gasteiger charge is -2.22. The number of amides is 4. The Balaban J connectivity index is 1.44. The standard InChI is InChI=1S/C18H20N4O3S/c1-20(10-15-19-13-8-4-5-9-14(13)26-15)11-21-16(23)17(24)22(18(21)25)12-6-2-3-7-12/h4-5,8-9,12H,2-3,6-7,10-11H2,1H3/p+1. The Morgan fingerprint density at radius 3 is 2.62 bits per heavy atom. The van der Waals surface area contributed by atoms with Gasteiger partial charge in [0.2, 0.25) is 0 Å². The molecule has 26 heavy (non-hydrogen) atoms. The number of urea groups is 1. The first-order valence-corrected chi connectivity index (χ1v) is 9.71.